The van der Waals surface area contributed by atoms with Crippen LogP contribution in [0.3, 0.4) is 0 Å². The third-order valence-electron chi connectivity index (χ3n) is 10.2. The van der Waals surface area contributed by atoms with E-state index < -0.39 is 0 Å². The molecule has 6 heteroatoms. The Hall–Kier alpha value is -7.02. The van der Waals surface area contributed by atoms with Gasteiger partial charge in [0.1, 0.15) is 5.52 Å². The zero-order valence-electron chi connectivity index (χ0n) is 28.8. The molecule has 0 amide bonds. The van der Waals surface area contributed by atoms with Gasteiger partial charge in [0.15, 0.2) is 23.1 Å². The van der Waals surface area contributed by atoms with Crippen LogP contribution in [0.15, 0.2) is 174 Å². The summed E-state index contributed by atoms with van der Waals surface area (Å²) in [5.41, 5.74) is 7.60. The Morgan fingerprint density at radius 2 is 0.963 bits per heavy atom. The van der Waals surface area contributed by atoms with Gasteiger partial charge in [-0.15, -0.1) is 11.3 Å². The first-order valence-corrected chi connectivity index (χ1v) is 18.7. The van der Waals surface area contributed by atoms with Gasteiger partial charge in [-0.05, 0) is 69.1 Å². The summed E-state index contributed by atoms with van der Waals surface area (Å²) in [5, 5.41) is 6.90. The average molecular weight is 709 g/mol. The Labute approximate surface area is 313 Å². The van der Waals surface area contributed by atoms with E-state index in [0.29, 0.717) is 23.4 Å². The highest BCUT2D eigenvalue weighted by atomic mass is 32.1. The quantitative estimate of drug-likeness (QED) is 0.167. The van der Waals surface area contributed by atoms with Crippen LogP contribution in [0.5, 0.6) is 0 Å². The molecule has 0 fully saturated rings. The van der Waals surface area contributed by atoms with Gasteiger partial charge in [-0.3, -0.25) is 0 Å². The molecule has 11 rings (SSSR count). The summed E-state index contributed by atoms with van der Waals surface area (Å²) in [4.78, 5) is 20.3. The Balaban J connectivity index is 1.04. The highest BCUT2D eigenvalue weighted by Gasteiger charge is 2.18. The van der Waals surface area contributed by atoms with Gasteiger partial charge >= 0.3 is 0 Å². The minimum Gasteiger partial charge on any atom is -0.435 e. The fraction of sp³-hybridized carbons (Fsp3) is 0. The molecule has 0 atom stereocenters. The molecule has 0 aliphatic heterocycles. The van der Waals surface area contributed by atoms with E-state index in [1.54, 1.807) is 11.3 Å². The lowest BCUT2D eigenvalue weighted by atomic mass is 9.97. The fourth-order valence-electron chi connectivity index (χ4n) is 7.52. The molecule has 252 valence electrons. The topological polar surface area (TPSA) is 64.7 Å². The summed E-state index contributed by atoms with van der Waals surface area (Å²) in [6.45, 7) is 0. The number of hydrogen-bond donors (Lipinski definition) is 0. The Bertz CT molecular complexity index is 3200. The molecule has 8 aromatic carbocycles. The second kappa shape index (κ2) is 12.3. The normalized spacial score (nSPS) is 11.7. The van der Waals surface area contributed by atoms with Crippen LogP contribution in [-0.2, 0) is 0 Å². The number of hydrogen-bond acceptors (Lipinski definition) is 6. The molecule has 0 spiro atoms. The smallest absolute Gasteiger partial charge is 0.227 e. The number of benzene rings is 8. The van der Waals surface area contributed by atoms with Crippen LogP contribution in [-0.4, -0.2) is 19.9 Å². The Kier molecular flexibility index (Phi) is 6.97. The summed E-state index contributed by atoms with van der Waals surface area (Å²) in [6.07, 6.45) is 0. The maximum Gasteiger partial charge on any atom is 0.227 e. The molecule has 3 aromatic heterocycles. The number of aromatic nitrogens is 4. The molecule has 0 saturated carbocycles. The van der Waals surface area contributed by atoms with Gasteiger partial charge in [-0.1, -0.05) is 133 Å². The Morgan fingerprint density at radius 3 is 1.72 bits per heavy atom. The van der Waals surface area contributed by atoms with E-state index in [1.165, 1.54) is 20.2 Å². The van der Waals surface area contributed by atoms with Crippen molar-refractivity contribution in [2.24, 2.45) is 0 Å². The molecule has 0 N–H and O–H groups in total. The van der Waals surface area contributed by atoms with Gasteiger partial charge in [-0.2, -0.15) is 0 Å². The van der Waals surface area contributed by atoms with Crippen LogP contribution in [0.2, 0.25) is 0 Å². The van der Waals surface area contributed by atoms with Gasteiger partial charge in [0.25, 0.3) is 0 Å². The number of nitrogens with zero attached hydrogens (tertiary/aromatic N) is 4. The third kappa shape index (κ3) is 5.07. The molecule has 54 heavy (non-hydrogen) atoms. The minimum absolute atomic E-state index is 0.581. The Morgan fingerprint density at radius 1 is 0.389 bits per heavy atom. The SMILES string of the molecule is c1ccc(-c2ccc(-c3nc(-c4ccc(-c5nc6ccc7sc8ccccc8c7c6o5)cc4)nc(-c4cc5ccccc5c5ccccc45)n3)cc2)cc1. The lowest BCUT2D eigenvalue weighted by Crippen LogP contribution is -2.01. The van der Waals surface area contributed by atoms with Crippen LogP contribution in [0.4, 0.5) is 0 Å². The molecule has 3 heterocycles. The maximum absolute atomic E-state index is 6.51. The first-order valence-electron chi connectivity index (χ1n) is 17.9. The van der Waals surface area contributed by atoms with Crippen molar-refractivity contribution in [3.8, 4) is 56.7 Å². The summed E-state index contributed by atoms with van der Waals surface area (Å²) in [7, 11) is 0. The van der Waals surface area contributed by atoms with Crippen LogP contribution >= 0.6 is 11.3 Å². The van der Waals surface area contributed by atoms with Crippen molar-refractivity contribution < 1.29 is 4.42 Å². The van der Waals surface area contributed by atoms with Crippen LogP contribution in [0.25, 0.3) is 110 Å². The predicted octanol–water partition coefficient (Wildman–Crippen LogP) is 13.0. The van der Waals surface area contributed by atoms with Crippen LogP contribution < -0.4 is 0 Å². The van der Waals surface area contributed by atoms with Crippen molar-refractivity contribution in [1.82, 2.24) is 19.9 Å². The van der Waals surface area contributed by atoms with Crippen molar-refractivity contribution in [1.29, 1.82) is 0 Å². The minimum atomic E-state index is 0.581. The second-order valence-corrected chi connectivity index (χ2v) is 14.5. The molecule has 5 nitrogen and oxygen atoms in total. The summed E-state index contributed by atoms with van der Waals surface area (Å²) < 4.78 is 8.94. The standard InChI is InChI=1S/C48H28N4OS/c1-2-10-29(11-3-1)30-18-20-31(21-19-30)45-50-46(52-47(51-45)39-28-34-12-4-5-13-35(34)36-14-6-7-15-37(36)39)32-22-24-33(25-23-32)48-49-40-26-27-42-43(44(40)53-48)38-16-8-9-17-41(38)54-42/h1-28H. The molecule has 0 radical (unpaired) electrons. The van der Waals surface area contributed by atoms with Crippen molar-refractivity contribution in [3.05, 3.63) is 170 Å². The molecule has 0 bridgehead atoms. The number of fused-ring (bicyclic) bond motifs is 8. The molecule has 11 aromatic rings. The van der Waals surface area contributed by atoms with Gasteiger partial charge < -0.3 is 4.42 Å². The lowest BCUT2D eigenvalue weighted by Gasteiger charge is -2.12. The predicted molar refractivity (Wildman–Crippen MR) is 222 cm³/mol. The van der Waals surface area contributed by atoms with E-state index in [4.69, 9.17) is 24.4 Å². The highest BCUT2D eigenvalue weighted by molar-refractivity contribution is 7.26. The molecule has 0 saturated heterocycles. The summed E-state index contributed by atoms with van der Waals surface area (Å²) in [6, 6.07) is 58.8. The number of oxazole rings is 1. The zero-order chi connectivity index (χ0) is 35.6. The van der Waals surface area contributed by atoms with Gasteiger partial charge in [-0.25, -0.2) is 19.9 Å². The summed E-state index contributed by atoms with van der Waals surface area (Å²) >= 11 is 1.77. The van der Waals surface area contributed by atoms with Crippen molar-refractivity contribution in [2.75, 3.05) is 0 Å². The second-order valence-electron chi connectivity index (χ2n) is 13.4. The third-order valence-corrected chi connectivity index (χ3v) is 11.3. The first kappa shape index (κ1) is 30.6. The monoisotopic (exact) mass is 708 g/mol. The molecular formula is C48H28N4OS. The van der Waals surface area contributed by atoms with Crippen molar-refractivity contribution in [3.63, 3.8) is 0 Å². The van der Waals surface area contributed by atoms with Gasteiger partial charge in [0.2, 0.25) is 5.89 Å². The molecule has 0 aliphatic rings. The van der Waals surface area contributed by atoms with Gasteiger partial charge in [0.05, 0.1) is 0 Å². The largest absolute Gasteiger partial charge is 0.435 e. The fourth-order valence-corrected chi connectivity index (χ4v) is 8.62. The average Bonchev–Trinajstić information content (AvgIpc) is 3.86. The zero-order valence-corrected chi connectivity index (χ0v) is 29.6. The van der Waals surface area contributed by atoms with E-state index >= 15 is 0 Å². The van der Waals surface area contributed by atoms with Crippen LogP contribution in [0.1, 0.15) is 0 Å². The van der Waals surface area contributed by atoms with E-state index in [0.717, 1.165) is 66.0 Å². The van der Waals surface area contributed by atoms with E-state index in [-0.39, 0.29) is 0 Å². The first-order chi connectivity index (χ1) is 26.7. The molecular weight excluding hydrogens is 681 g/mol. The van der Waals surface area contributed by atoms with Crippen LogP contribution in [0, 0.1) is 0 Å². The number of thiophene rings is 1. The molecule has 0 aliphatic carbocycles. The van der Waals surface area contributed by atoms with Crippen molar-refractivity contribution in [2.45, 2.75) is 0 Å². The highest BCUT2D eigenvalue weighted by Crippen LogP contribution is 2.40. The molecule has 0 unspecified atom stereocenters. The van der Waals surface area contributed by atoms with Gasteiger partial charge in [0, 0.05) is 42.4 Å². The summed E-state index contributed by atoms with van der Waals surface area (Å²) in [5.74, 6) is 2.41. The van der Waals surface area contributed by atoms with E-state index in [9.17, 15) is 0 Å². The van der Waals surface area contributed by atoms with E-state index in [1.807, 2.05) is 36.4 Å². The van der Waals surface area contributed by atoms with E-state index in [2.05, 4.69) is 133 Å². The maximum atomic E-state index is 6.51. The van der Waals surface area contributed by atoms with Crippen molar-refractivity contribution >= 4 is 64.2 Å². The number of rotatable bonds is 5. The lowest BCUT2D eigenvalue weighted by molar-refractivity contribution is 0.623.